The van der Waals surface area contributed by atoms with Crippen molar-refractivity contribution in [1.29, 1.82) is 0 Å². The summed E-state index contributed by atoms with van der Waals surface area (Å²) in [4.78, 5) is 35.2. The van der Waals surface area contributed by atoms with Crippen LogP contribution in [0.4, 0.5) is 5.95 Å². The molecule has 2 aromatic heterocycles. The third-order valence-corrected chi connectivity index (χ3v) is 7.14. The van der Waals surface area contributed by atoms with Gasteiger partial charge in [0.25, 0.3) is 5.56 Å². The van der Waals surface area contributed by atoms with E-state index in [2.05, 4.69) is 15.0 Å². The minimum Gasteiger partial charge on any atom is -0.496 e. The van der Waals surface area contributed by atoms with Gasteiger partial charge in [0.15, 0.2) is 16.9 Å². The van der Waals surface area contributed by atoms with Gasteiger partial charge in [-0.15, -0.1) is 0 Å². The Morgan fingerprint density at radius 2 is 1.95 bits per heavy atom. The molecule has 4 rings (SSSR count). The smallest absolute Gasteiger partial charge is 0.356 e. The van der Waals surface area contributed by atoms with E-state index in [-0.39, 0.29) is 37.0 Å². The number of aromatic nitrogens is 4. The van der Waals surface area contributed by atoms with Gasteiger partial charge in [0.05, 0.1) is 26.7 Å². The number of aryl methyl sites for hydroxylation is 1. The molecule has 1 atom stereocenters. The first-order valence-corrected chi connectivity index (χ1v) is 13.4. The number of carbonyl (C=O) groups excluding carboxylic acids is 1. The fourth-order valence-electron chi connectivity index (χ4n) is 3.62. The molecule has 3 N–H and O–H groups in total. The molecule has 0 radical (unpaired) electrons. The fraction of sp³-hybridized carbons (Fsp3) is 0.280. The first-order valence-electron chi connectivity index (χ1n) is 11.7. The maximum Gasteiger partial charge on any atom is 0.356 e. The van der Waals surface area contributed by atoms with E-state index in [4.69, 9.17) is 24.3 Å². The zero-order chi connectivity index (χ0) is 27.1. The van der Waals surface area contributed by atoms with Gasteiger partial charge < -0.3 is 24.3 Å². The first-order chi connectivity index (χ1) is 18.3. The Morgan fingerprint density at radius 1 is 1.16 bits per heavy atom. The normalized spacial score (nSPS) is 12.9. The van der Waals surface area contributed by atoms with Crippen molar-refractivity contribution >= 4 is 30.5 Å². The topological polar surface area (TPSA) is 161 Å². The Morgan fingerprint density at radius 3 is 2.68 bits per heavy atom. The average Bonchev–Trinajstić information content (AvgIpc) is 3.32. The van der Waals surface area contributed by atoms with Gasteiger partial charge >= 0.3 is 7.60 Å². The van der Waals surface area contributed by atoms with Crippen molar-refractivity contribution in [2.24, 2.45) is 0 Å². The van der Waals surface area contributed by atoms with Crippen molar-refractivity contribution in [2.45, 2.75) is 20.1 Å². The van der Waals surface area contributed by atoms with Gasteiger partial charge in [-0.25, -0.2) is 4.98 Å². The lowest BCUT2D eigenvalue weighted by Crippen LogP contribution is -2.14. The van der Waals surface area contributed by atoms with E-state index in [1.807, 2.05) is 37.3 Å². The SMILES string of the molecule is COc1ccc(C(=O)COP(=O)(COCCn2cnc3c(=O)[nH]c(N)nc32)OCc2ccccc2)cc1C. The van der Waals surface area contributed by atoms with Crippen LogP contribution in [0, 0.1) is 6.92 Å². The summed E-state index contributed by atoms with van der Waals surface area (Å²) in [6, 6.07) is 14.1. The second-order valence-electron chi connectivity index (χ2n) is 8.35. The number of methoxy groups -OCH3 is 1. The zero-order valence-corrected chi connectivity index (χ0v) is 21.9. The summed E-state index contributed by atoms with van der Waals surface area (Å²) in [6.45, 7) is 1.69. The summed E-state index contributed by atoms with van der Waals surface area (Å²) in [5.74, 6) is 0.257. The van der Waals surface area contributed by atoms with Gasteiger partial charge in [-0.3, -0.25) is 23.7 Å². The highest BCUT2D eigenvalue weighted by molar-refractivity contribution is 7.53. The lowest BCUT2D eigenvalue weighted by molar-refractivity contribution is 0.0855. The molecule has 2 aromatic carbocycles. The molecule has 2 heterocycles. The largest absolute Gasteiger partial charge is 0.496 e. The third kappa shape index (κ3) is 6.73. The number of ketones is 1. The van der Waals surface area contributed by atoms with Crippen LogP contribution in [0.25, 0.3) is 11.2 Å². The van der Waals surface area contributed by atoms with Crippen molar-refractivity contribution in [3.8, 4) is 5.75 Å². The number of imidazole rings is 1. The van der Waals surface area contributed by atoms with E-state index in [9.17, 15) is 14.2 Å². The van der Waals surface area contributed by atoms with Crippen LogP contribution in [0.1, 0.15) is 21.5 Å². The molecule has 38 heavy (non-hydrogen) atoms. The number of Topliss-reactive ketones (excluding diaryl/α,β-unsaturated/α-hetero) is 1. The van der Waals surface area contributed by atoms with E-state index in [0.717, 1.165) is 11.1 Å². The molecule has 12 nitrogen and oxygen atoms in total. The van der Waals surface area contributed by atoms with Gasteiger partial charge in [-0.05, 0) is 36.2 Å². The number of anilines is 1. The number of rotatable bonds is 13. The fourth-order valence-corrected chi connectivity index (χ4v) is 4.86. The van der Waals surface area contributed by atoms with Crippen LogP contribution >= 0.6 is 7.60 Å². The molecule has 0 aliphatic carbocycles. The van der Waals surface area contributed by atoms with E-state index in [1.54, 1.807) is 29.9 Å². The molecule has 1 unspecified atom stereocenters. The second kappa shape index (κ2) is 12.1. The van der Waals surface area contributed by atoms with Gasteiger partial charge in [0.1, 0.15) is 18.7 Å². The summed E-state index contributed by atoms with van der Waals surface area (Å²) < 4.78 is 37.1. The van der Waals surface area contributed by atoms with Gasteiger partial charge in [0, 0.05) is 12.1 Å². The van der Waals surface area contributed by atoms with Crippen molar-refractivity contribution in [3.05, 3.63) is 81.9 Å². The van der Waals surface area contributed by atoms with Crippen LogP contribution < -0.4 is 16.0 Å². The highest BCUT2D eigenvalue weighted by atomic mass is 31.2. The molecule has 0 saturated heterocycles. The number of aromatic amines is 1. The summed E-state index contributed by atoms with van der Waals surface area (Å²) in [6.07, 6.45) is 1.05. The Kier molecular flexibility index (Phi) is 8.70. The molecule has 4 aromatic rings. The van der Waals surface area contributed by atoms with Crippen molar-refractivity contribution in [2.75, 3.05) is 32.4 Å². The summed E-state index contributed by atoms with van der Waals surface area (Å²) in [5.41, 5.74) is 7.59. The maximum absolute atomic E-state index is 13.5. The molecule has 0 aliphatic heterocycles. The molecular formula is C25H28N5O7P. The van der Waals surface area contributed by atoms with Crippen LogP contribution in [0.3, 0.4) is 0 Å². The number of H-pyrrole nitrogens is 1. The van der Waals surface area contributed by atoms with Crippen LogP contribution in [-0.4, -0.2) is 52.0 Å². The molecule has 0 spiro atoms. The van der Waals surface area contributed by atoms with Crippen LogP contribution in [0.15, 0.2) is 59.7 Å². The van der Waals surface area contributed by atoms with E-state index in [0.29, 0.717) is 17.0 Å². The highest BCUT2D eigenvalue weighted by Crippen LogP contribution is 2.49. The molecule has 0 fully saturated rings. The number of nitrogens with one attached hydrogen (secondary N) is 1. The summed E-state index contributed by atoms with van der Waals surface area (Å²) in [7, 11) is -2.29. The molecule has 0 aliphatic rings. The molecule has 13 heteroatoms. The number of nitrogens with zero attached hydrogens (tertiary/aromatic N) is 3. The number of carbonyl (C=O) groups is 1. The molecule has 200 valence electrons. The highest BCUT2D eigenvalue weighted by Gasteiger charge is 2.27. The molecule has 0 saturated carbocycles. The summed E-state index contributed by atoms with van der Waals surface area (Å²) >= 11 is 0. The Hall–Kier alpha value is -3.83. The minimum absolute atomic E-state index is 0.00937. The number of ether oxygens (including phenoxy) is 2. The molecule has 0 bridgehead atoms. The Labute approximate surface area is 218 Å². The predicted molar refractivity (Wildman–Crippen MR) is 140 cm³/mol. The zero-order valence-electron chi connectivity index (χ0n) is 21.0. The van der Waals surface area contributed by atoms with Crippen molar-refractivity contribution in [3.63, 3.8) is 0 Å². The third-order valence-electron chi connectivity index (χ3n) is 5.60. The van der Waals surface area contributed by atoms with Gasteiger partial charge in [-0.1, -0.05) is 30.3 Å². The lowest BCUT2D eigenvalue weighted by atomic mass is 10.1. The number of fused-ring (bicyclic) bond motifs is 1. The van der Waals surface area contributed by atoms with Crippen LogP contribution in [0.2, 0.25) is 0 Å². The van der Waals surface area contributed by atoms with Gasteiger partial charge in [-0.2, -0.15) is 4.98 Å². The van der Waals surface area contributed by atoms with Crippen molar-refractivity contribution < 1.29 is 27.9 Å². The first kappa shape index (κ1) is 27.2. The number of benzene rings is 2. The monoisotopic (exact) mass is 541 g/mol. The van der Waals surface area contributed by atoms with Crippen LogP contribution in [0.5, 0.6) is 5.75 Å². The standard InChI is InChI=1S/C25H28N5O7P/c1-17-12-19(8-9-21(17)34-2)20(31)14-37-38(33,36-13-18-6-4-3-5-7-18)16-35-11-10-30-15-27-22-23(30)28-25(26)29-24(22)32/h3-9,12,15H,10-11,13-14,16H2,1-2H3,(H3,26,28,29,32). The number of hydrogen-bond donors (Lipinski definition) is 2. The second-order valence-corrected chi connectivity index (χ2v) is 10.3. The molecule has 0 amide bonds. The Bertz CT molecular complexity index is 1520. The van der Waals surface area contributed by atoms with Gasteiger partial charge in [0.2, 0.25) is 5.95 Å². The lowest BCUT2D eigenvalue weighted by Gasteiger charge is -2.19. The average molecular weight is 542 g/mol. The minimum atomic E-state index is -3.84. The van der Waals surface area contributed by atoms with E-state index >= 15 is 0 Å². The number of nitrogen functional groups attached to an aromatic ring is 1. The Balaban J connectivity index is 1.40. The predicted octanol–water partition coefficient (Wildman–Crippen LogP) is 3.30. The van der Waals surface area contributed by atoms with E-state index in [1.165, 1.54) is 6.33 Å². The maximum atomic E-state index is 13.5. The van der Waals surface area contributed by atoms with E-state index < -0.39 is 26.1 Å². The van der Waals surface area contributed by atoms with Crippen molar-refractivity contribution in [1.82, 2.24) is 19.5 Å². The quantitative estimate of drug-likeness (QED) is 0.146. The van der Waals surface area contributed by atoms with Crippen LogP contribution in [-0.2, 0) is 31.5 Å². The summed E-state index contributed by atoms with van der Waals surface area (Å²) in [5, 5.41) is 0. The molecular weight excluding hydrogens is 513 g/mol. The number of nitrogens with two attached hydrogens (primary N) is 1. The number of hydrogen-bond acceptors (Lipinski definition) is 10.